The van der Waals surface area contributed by atoms with Crippen molar-refractivity contribution in [2.24, 2.45) is 5.92 Å². The van der Waals surface area contributed by atoms with E-state index in [1.54, 1.807) is 22.7 Å². The SMILES string of the molecule is CC(C1CC1)N(C)C(=O)Cc1csc(-c2cccs2)n1. The van der Waals surface area contributed by atoms with Gasteiger partial charge in [-0.25, -0.2) is 4.98 Å². The zero-order chi connectivity index (χ0) is 14.1. The molecule has 3 rings (SSSR count). The van der Waals surface area contributed by atoms with Gasteiger partial charge in [0.05, 0.1) is 17.0 Å². The molecule has 0 saturated heterocycles. The van der Waals surface area contributed by atoms with Crippen LogP contribution < -0.4 is 0 Å². The molecule has 1 fully saturated rings. The molecule has 0 aliphatic heterocycles. The van der Waals surface area contributed by atoms with Gasteiger partial charge in [-0.15, -0.1) is 22.7 Å². The molecule has 1 aliphatic carbocycles. The van der Waals surface area contributed by atoms with Crippen LogP contribution >= 0.6 is 22.7 Å². The third-order valence-electron chi connectivity index (χ3n) is 3.92. The molecule has 2 aromatic rings. The van der Waals surface area contributed by atoms with E-state index in [0.29, 0.717) is 18.4 Å². The highest BCUT2D eigenvalue weighted by Gasteiger charge is 2.32. The summed E-state index contributed by atoms with van der Waals surface area (Å²) in [5.41, 5.74) is 0.887. The smallest absolute Gasteiger partial charge is 0.228 e. The van der Waals surface area contributed by atoms with Gasteiger partial charge in [-0.3, -0.25) is 4.79 Å². The summed E-state index contributed by atoms with van der Waals surface area (Å²) in [6.07, 6.45) is 2.94. The maximum atomic E-state index is 12.3. The van der Waals surface area contributed by atoms with Gasteiger partial charge in [0.2, 0.25) is 5.91 Å². The lowest BCUT2D eigenvalue weighted by Gasteiger charge is -2.24. The number of likely N-dealkylation sites (N-methyl/N-ethyl adjacent to an activating group) is 1. The average Bonchev–Trinajstić information content (AvgIpc) is 2.96. The Labute approximate surface area is 127 Å². The van der Waals surface area contributed by atoms with Gasteiger partial charge in [0, 0.05) is 18.5 Å². The highest BCUT2D eigenvalue weighted by atomic mass is 32.1. The summed E-state index contributed by atoms with van der Waals surface area (Å²) in [6, 6.07) is 4.45. The van der Waals surface area contributed by atoms with E-state index >= 15 is 0 Å². The summed E-state index contributed by atoms with van der Waals surface area (Å²) < 4.78 is 0. The molecule has 1 amide bonds. The van der Waals surface area contributed by atoms with E-state index in [1.165, 1.54) is 17.7 Å². The lowest BCUT2D eigenvalue weighted by molar-refractivity contribution is -0.131. The van der Waals surface area contributed by atoms with Crippen molar-refractivity contribution in [2.45, 2.75) is 32.2 Å². The molecule has 2 aromatic heterocycles. The van der Waals surface area contributed by atoms with Crippen molar-refractivity contribution in [3.8, 4) is 9.88 Å². The molecule has 0 aromatic carbocycles. The van der Waals surface area contributed by atoms with Crippen LogP contribution in [0.25, 0.3) is 9.88 Å². The quantitative estimate of drug-likeness (QED) is 0.844. The summed E-state index contributed by atoms with van der Waals surface area (Å²) >= 11 is 3.30. The van der Waals surface area contributed by atoms with Crippen molar-refractivity contribution in [2.75, 3.05) is 7.05 Å². The van der Waals surface area contributed by atoms with Crippen LogP contribution in [0.3, 0.4) is 0 Å². The van der Waals surface area contributed by atoms with Gasteiger partial charge in [-0.05, 0) is 37.1 Å². The Balaban J connectivity index is 1.64. The first-order valence-electron chi connectivity index (χ1n) is 6.89. The normalized spacial score (nSPS) is 16.1. The molecule has 2 heterocycles. The minimum Gasteiger partial charge on any atom is -0.342 e. The fourth-order valence-electron chi connectivity index (χ4n) is 2.30. The largest absolute Gasteiger partial charge is 0.342 e. The van der Waals surface area contributed by atoms with Crippen LogP contribution in [-0.4, -0.2) is 28.9 Å². The number of aromatic nitrogens is 1. The molecule has 0 spiro atoms. The summed E-state index contributed by atoms with van der Waals surface area (Å²) in [5, 5.41) is 5.07. The number of amides is 1. The van der Waals surface area contributed by atoms with E-state index < -0.39 is 0 Å². The Morgan fingerprint density at radius 2 is 2.30 bits per heavy atom. The molecule has 1 unspecified atom stereocenters. The van der Waals surface area contributed by atoms with Crippen molar-refractivity contribution in [3.05, 3.63) is 28.6 Å². The van der Waals surface area contributed by atoms with Crippen molar-refractivity contribution < 1.29 is 4.79 Å². The van der Waals surface area contributed by atoms with Gasteiger partial charge in [0.15, 0.2) is 0 Å². The monoisotopic (exact) mass is 306 g/mol. The number of rotatable bonds is 5. The highest BCUT2D eigenvalue weighted by Crippen LogP contribution is 2.35. The van der Waals surface area contributed by atoms with Crippen molar-refractivity contribution in [3.63, 3.8) is 0 Å². The zero-order valence-electron chi connectivity index (χ0n) is 11.7. The van der Waals surface area contributed by atoms with Crippen molar-refractivity contribution in [1.29, 1.82) is 0 Å². The number of hydrogen-bond acceptors (Lipinski definition) is 4. The predicted molar refractivity (Wildman–Crippen MR) is 84.1 cm³/mol. The van der Waals surface area contributed by atoms with Gasteiger partial charge in [0.25, 0.3) is 0 Å². The molecule has 20 heavy (non-hydrogen) atoms. The summed E-state index contributed by atoms with van der Waals surface area (Å²) in [6.45, 7) is 2.15. The third kappa shape index (κ3) is 2.94. The van der Waals surface area contributed by atoms with Crippen LogP contribution in [0, 0.1) is 5.92 Å². The first-order chi connectivity index (χ1) is 9.65. The van der Waals surface area contributed by atoms with E-state index in [9.17, 15) is 4.79 Å². The van der Waals surface area contributed by atoms with E-state index in [-0.39, 0.29) is 5.91 Å². The lowest BCUT2D eigenvalue weighted by atomic mass is 10.2. The van der Waals surface area contributed by atoms with E-state index in [0.717, 1.165) is 10.7 Å². The minimum absolute atomic E-state index is 0.174. The van der Waals surface area contributed by atoms with Crippen molar-refractivity contribution >= 4 is 28.6 Å². The number of thiophene rings is 1. The number of carbonyl (C=O) groups is 1. The molecular weight excluding hydrogens is 288 g/mol. The van der Waals surface area contributed by atoms with Crippen LogP contribution in [-0.2, 0) is 11.2 Å². The highest BCUT2D eigenvalue weighted by molar-refractivity contribution is 7.20. The lowest BCUT2D eigenvalue weighted by Crippen LogP contribution is -2.37. The summed E-state index contributed by atoms with van der Waals surface area (Å²) in [4.78, 5) is 19.9. The summed E-state index contributed by atoms with van der Waals surface area (Å²) in [5.74, 6) is 0.883. The van der Waals surface area contributed by atoms with Gasteiger partial charge >= 0.3 is 0 Å². The number of hydrogen-bond donors (Lipinski definition) is 0. The first kappa shape index (κ1) is 13.8. The molecule has 3 nitrogen and oxygen atoms in total. The molecule has 0 radical (unpaired) electrons. The Hall–Kier alpha value is -1.20. The summed E-state index contributed by atoms with van der Waals surface area (Å²) in [7, 11) is 1.91. The molecule has 1 saturated carbocycles. The fourth-order valence-corrected chi connectivity index (χ4v) is 3.94. The zero-order valence-corrected chi connectivity index (χ0v) is 13.3. The van der Waals surface area contributed by atoms with Gasteiger partial charge < -0.3 is 4.90 Å². The van der Waals surface area contributed by atoms with Gasteiger partial charge in [-0.2, -0.15) is 0 Å². The van der Waals surface area contributed by atoms with E-state index in [2.05, 4.69) is 18.0 Å². The van der Waals surface area contributed by atoms with Crippen LogP contribution in [0.4, 0.5) is 0 Å². The molecule has 0 bridgehead atoms. The van der Waals surface area contributed by atoms with E-state index in [1.807, 2.05) is 28.8 Å². The van der Waals surface area contributed by atoms with Crippen LogP contribution in [0.5, 0.6) is 0 Å². The predicted octanol–water partition coefficient (Wildman–Crippen LogP) is 3.67. The Morgan fingerprint density at radius 3 is 2.95 bits per heavy atom. The number of nitrogens with zero attached hydrogens (tertiary/aromatic N) is 2. The van der Waals surface area contributed by atoms with Crippen LogP contribution in [0.15, 0.2) is 22.9 Å². The second-order valence-electron chi connectivity index (χ2n) is 5.38. The number of thiazole rings is 1. The molecule has 106 valence electrons. The van der Waals surface area contributed by atoms with Crippen molar-refractivity contribution in [1.82, 2.24) is 9.88 Å². The van der Waals surface area contributed by atoms with Gasteiger partial charge in [0.1, 0.15) is 5.01 Å². The molecule has 0 N–H and O–H groups in total. The molecular formula is C15H18N2OS2. The molecule has 5 heteroatoms. The van der Waals surface area contributed by atoms with E-state index in [4.69, 9.17) is 0 Å². The average molecular weight is 306 g/mol. The van der Waals surface area contributed by atoms with Crippen LogP contribution in [0.1, 0.15) is 25.5 Å². The Kier molecular flexibility index (Phi) is 3.89. The Bertz CT molecular complexity index is 587. The third-order valence-corrected chi connectivity index (χ3v) is 5.85. The number of carbonyl (C=O) groups excluding carboxylic acids is 1. The molecule has 1 aliphatic rings. The van der Waals surface area contributed by atoms with Crippen LogP contribution in [0.2, 0.25) is 0 Å². The fraction of sp³-hybridized carbons (Fsp3) is 0.467. The minimum atomic E-state index is 0.174. The topological polar surface area (TPSA) is 33.2 Å². The second kappa shape index (κ2) is 5.66. The Morgan fingerprint density at radius 1 is 1.50 bits per heavy atom. The first-order valence-corrected chi connectivity index (χ1v) is 8.65. The maximum absolute atomic E-state index is 12.3. The van der Waals surface area contributed by atoms with Gasteiger partial charge in [-0.1, -0.05) is 6.07 Å². The standard InChI is InChI=1S/C15H18N2OS2/c1-10(11-5-6-11)17(2)14(18)8-12-9-20-15(16-12)13-4-3-7-19-13/h3-4,7,9-11H,5-6,8H2,1-2H3. The second-order valence-corrected chi connectivity index (χ2v) is 7.19. The maximum Gasteiger partial charge on any atom is 0.228 e. The molecule has 1 atom stereocenters.